The van der Waals surface area contributed by atoms with Gasteiger partial charge in [0.15, 0.2) is 0 Å². The monoisotopic (exact) mass is 164 g/mol. The minimum absolute atomic E-state index is 0. The number of carboxylic acid groups (broad SMARTS) is 1. The van der Waals surface area contributed by atoms with Crippen molar-refractivity contribution in [2.45, 2.75) is 46.5 Å². The van der Waals surface area contributed by atoms with Crippen molar-refractivity contribution in [3.8, 4) is 0 Å². The van der Waals surface area contributed by atoms with Crippen LogP contribution in [0.25, 0.3) is 0 Å². The maximum Gasteiger partial charge on any atom is 1.00 e. The molecule has 0 radical (unpaired) electrons. The van der Waals surface area contributed by atoms with Gasteiger partial charge < -0.3 is 9.90 Å². The van der Waals surface area contributed by atoms with Gasteiger partial charge in [-0.25, -0.2) is 0 Å². The molecule has 0 unspecified atom stereocenters. The Balaban J connectivity index is 0. The van der Waals surface area contributed by atoms with Crippen LogP contribution in [0.1, 0.15) is 46.5 Å². The summed E-state index contributed by atoms with van der Waals surface area (Å²) >= 11 is 0. The summed E-state index contributed by atoms with van der Waals surface area (Å²) in [5.41, 5.74) is 0.325. The van der Waals surface area contributed by atoms with Crippen LogP contribution in [0.5, 0.6) is 0 Å². The van der Waals surface area contributed by atoms with Gasteiger partial charge in [-0.15, -0.1) is 0 Å². The van der Waals surface area contributed by atoms with Crippen LogP contribution < -0.4 is 24.0 Å². The van der Waals surface area contributed by atoms with Gasteiger partial charge in [0.2, 0.25) is 0 Å². The first-order chi connectivity index (χ1) is 4.92. The molecule has 0 amide bonds. The van der Waals surface area contributed by atoms with Gasteiger partial charge in [-0.05, 0) is 24.7 Å². The second-order valence-electron chi connectivity index (χ2n) is 4.14. The Hall–Kier alpha value is 0.0674. The van der Waals surface area contributed by atoms with Crippen LogP contribution in [0.2, 0.25) is 0 Å². The number of carboxylic acids is 1. The van der Waals surface area contributed by atoms with Crippen molar-refractivity contribution >= 4 is 5.97 Å². The largest absolute Gasteiger partial charge is 1.00 e. The SMILES string of the molecule is CC(C)(C)CCCCC(=O)[O-].[Li+]. The maximum atomic E-state index is 10.0. The summed E-state index contributed by atoms with van der Waals surface area (Å²) in [6.45, 7) is 6.48. The van der Waals surface area contributed by atoms with E-state index in [2.05, 4.69) is 20.8 Å². The summed E-state index contributed by atoms with van der Waals surface area (Å²) in [5, 5.41) is 10.0. The summed E-state index contributed by atoms with van der Waals surface area (Å²) in [7, 11) is 0. The Bertz CT molecular complexity index is 127. The van der Waals surface area contributed by atoms with E-state index in [-0.39, 0.29) is 25.3 Å². The molecule has 0 aliphatic heterocycles. The summed E-state index contributed by atoms with van der Waals surface area (Å²) in [4.78, 5) is 10.0. The molecule has 0 aromatic heterocycles. The fourth-order valence-corrected chi connectivity index (χ4v) is 0.925. The third-order valence-electron chi connectivity index (χ3n) is 1.56. The molecule has 0 aliphatic rings. The quantitative estimate of drug-likeness (QED) is 0.369. The van der Waals surface area contributed by atoms with Gasteiger partial charge in [0.05, 0.1) is 0 Å². The number of hydrogen-bond acceptors (Lipinski definition) is 2. The maximum absolute atomic E-state index is 10.0. The standard InChI is InChI=1S/C9H18O2.Li/c1-9(2,3)7-5-4-6-8(10)11;/h4-7H2,1-3H3,(H,10,11);/q;+1/p-1. The molecule has 0 rings (SSSR count). The third-order valence-corrected chi connectivity index (χ3v) is 1.56. The van der Waals surface area contributed by atoms with Gasteiger partial charge in [0.25, 0.3) is 0 Å². The average Bonchev–Trinajstić information content (AvgIpc) is 1.78. The van der Waals surface area contributed by atoms with Gasteiger partial charge in [-0.2, -0.15) is 0 Å². The van der Waals surface area contributed by atoms with Crippen molar-refractivity contribution in [3.05, 3.63) is 0 Å². The Morgan fingerprint density at radius 2 is 1.75 bits per heavy atom. The van der Waals surface area contributed by atoms with E-state index in [1.807, 2.05) is 0 Å². The summed E-state index contributed by atoms with van der Waals surface area (Å²) in [5.74, 6) is -0.932. The Morgan fingerprint density at radius 1 is 1.25 bits per heavy atom. The van der Waals surface area contributed by atoms with Gasteiger partial charge in [0.1, 0.15) is 0 Å². The molecule has 0 saturated heterocycles. The molecule has 66 valence electrons. The van der Waals surface area contributed by atoms with Crippen molar-refractivity contribution < 1.29 is 28.8 Å². The van der Waals surface area contributed by atoms with Gasteiger partial charge in [0, 0.05) is 5.97 Å². The topological polar surface area (TPSA) is 40.1 Å². The predicted octanol–water partition coefficient (Wildman–Crippen LogP) is -1.65. The van der Waals surface area contributed by atoms with Crippen LogP contribution in [-0.4, -0.2) is 5.97 Å². The fourth-order valence-electron chi connectivity index (χ4n) is 0.925. The summed E-state index contributed by atoms with van der Waals surface area (Å²) in [6.07, 6.45) is 3.02. The van der Waals surface area contributed by atoms with Crippen molar-refractivity contribution in [2.75, 3.05) is 0 Å². The second kappa shape index (κ2) is 6.57. The van der Waals surface area contributed by atoms with E-state index in [0.29, 0.717) is 5.41 Å². The Labute approximate surface area is 86.9 Å². The molecule has 2 nitrogen and oxygen atoms in total. The molecule has 3 heteroatoms. The molecule has 0 aromatic carbocycles. The molecule has 0 N–H and O–H groups in total. The molecule has 12 heavy (non-hydrogen) atoms. The van der Waals surface area contributed by atoms with Crippen LogP contribution >= 0.6 is 0 Å². The number of rotatable bonds is 4. The molecule has 0 bridgehead atoms. The van der Waals surface area contributed by atoms with E-state index in [1.165, 1.54) is 0 Å². The van der Waals surface area contributed by atoms with E-state index in [4.69, 9.17) is 0 Å². The zero-order valence-electron chi connectivity index (χ0n) is 8.64. The minimum atomic E-state index is -0.932. The molecule has 0 fully saturated rings. The van der Waals surface area contributed by atoms with Gasteiger partial charge in [-0.1, -0.05) is 27.2 Å². The first-order valence-corrected chi connectivity index (χ1v) is 4.12. The fraction of sp³-hybridized carbons (Fsp3) is 0.889. The number of unbranched alkanes of at least 4 members (excludes halogenated alkanes) is 1. The molecule has 0 aromatic rings. The van der Waals surface area contributed by atoms with Crippen molar-refractivity contribution in [1.29, 1.82) is 0 Å². The minimum Gasteiger partial charge on any atom is -0.550 e. The van der Waals surface area contributed by atoms with E-state index >= 15 is 0 Å². The first-order valence-electron chi connectivity index (χ1n) is 4.12. The zero-order chi connectivity index (χ0) is 8.91. The third kappa shape index (κ3) is 12.7. The van der Waals surface area contributed by atoms with E-state index in [0.717, 1.165) is 19.3 Å². The molecule has 0 aliphatic carbocycles. The molecular formula is C9H17LiO2. The van der Waals surface area contributed by atoms with Gasteiger partial charge >= 0.3 is 18.9 Å². The summed E-state index contributed by atoms with van der Waals surface area (Å²) < 4.78 is 0. The van der Waals surface area contributed by atoms with E-state index in [9.17, 15) is 9.90 Å². The van der Waals surface area contributed by atoms with Crippen molar-refractivity contribution in [1.82, 2.24) is 0 Å². The average molecular weight is 164 g/mol. The van der Waals surface area contributed by atoms with Crippen molar-refractivity contribution in [2.24, 2.45) is 5.41 Å². The smallest absolute Gasteiger partial charge is 0.550 e. The number of hydrogen-bond donors (Lipinski definition) is 0. The second-order valence-corrected chi connectivity index (χ2v) is 4.14. The normalized spacial score (nSPS) is 10.6. The van der Waals surface area contributed by atoms with Crippen molar-refractivity contribution in [3.63, 3.8) is 0 Å². The number of carbonyl (C=O) groups is 1. The molecule has 0 atom stereocenters. The summed E-state index contributed by atoms with van der Waals surface area (Å²) in [6, 6.07) is 0. The Morgan fingerprint density at radius 3 is 2.08 bits per heavy atom. The molecular weight excluding hydrogens is 147 g/mol. The number of aliphatic carboxylic acids is 1. The van der Waals surface area contributed by atoms with Gasteiger partial charge in [-0.3, -0.25) is 0 Å². The van der Waals surface area contributed by atoms with E-state index < -0.39 is 5.97 Å². The zero-order valence-corrected chi connectivity index (χ0v) is 8.64. The molecule has 0 spiro atoms. The van der Waals surface area contributed by atoms with Crippen LogP contribution in [-0.2, 0) is 4.79 Å². The first kappa shape index (κ1) is 14.6. The number of carbonyl (C=O) groups excluding carboxylic acids is 1. The van der Waals surface area contributed by atoms with E-state index in [1.54, 1.807) is 0 Å². The predicted molar refractivity (Wildman–Crippen MR) is 42.9 cm³/mol. The van der Waals surface area contributed by atoms with Crippen LogP contribution in [0, 0.1) is 5.41 Å². The van der Waals surface area contributed by atoms with Crippen LogP contribution in [0.4, 0.5) is 0 Å². The molecule has 0 saturated carbocycles. The van der Waals surface area contributed by atoms with Crippen LogP contribution in [0.3, 0.4) is 0 Å². The molecule has 0 heterocycles. The Kier molecular flexibility index (Phi) is 7.98. The van der Waals surface area contributed by atoms with Crippen LogP contribution in [0.15, 0.2) is 0 Å².